The minimum absolute atomic E-state index is 0.0950. The summed E-state index contributed by atoms with van der Waals surface area (Å²) in [5, 5.41) is 8.90. The zero-order valence-corrected chi connectivity index (χ0v) is 12.6. The molecule has 1 N–H and O–H groups in total. The number of aliphatic hydroxyl groups excluding tert-OH is 1. The molecule has 0 unspecified atom stereocenters. The average molecular weight is 279 g/mol. The second-order valence-electron chi connectivity index (χ2n) is 5.01. The zero-order valence-electron chi connectivity index (χ0n) is 12.6. The van der Waals surface area contributed by atoms with Crippen LogP contribution in [0.2, 0.25) is 0 Å². The van der Waals surface area contributed by atoms with E-state index >= 15 is 0 Å². The summed E-state index contributed by atoms with van der Waals surface area (Å²) in [5.74, 6) is 0.919. The maximum Gasteiger partial charge on any atom is 0.227 e. The second kappa shape index (κ2) is 8.59. The van der Waals surface area contributed by atoms with E-state index in [2.05, 4.69) is 0 Å². The Hall–Kier alpha value is -1.55. The maximum atomic E-state index is 12.3. The van der Waals surface area contributed by atoms with Crippen LogP contribution in [0.4, 0.5) is 0 Å². The molecule has 0 fully saturated rings. The van der Waals surface area contributed by atoms with Gasteiger partial charge in [-0.25, -0.2) is 0 Å². The molecule has 0 aliphatic rings. The molecule has 0 saturated carbocycles. The van der Waals surface area contributed by atoms with E-state index < -0.39 is 0 Å². The fourth-order valence-electron chi connectivity index (χ4n) is 2.06. The summed E-state index contributed by atoms with van der Waals surface area (Å²) in [4.78, 5) is 14.1. The van der Waals surface area contributed by atoms with Gasteiger partial charge in [0, 0.05) is 19.2 Å². The average Bonchev–Trinajstić information content (AvgIpc) is 2.41. The van der Waals surface area contributed by atoms with Gasteiger partial charge >= 0.3 is 0 Å². The molecule has 112 valence electrons. The summed E-state index contributed by atoms with van der Waals surface area (Å²) < 4.78 is 5.38. The monoisotopic (exact) mass is 279 g/mol. The second-order valence-corrected chi connectivity index (χ2v) is 5.01. The van der Waals surface area contributed by atoms with Crippen molar-refractivity contribution >= 4 is 5.91 Å². The van der Waals surface area contributed by atoms with E-state index in [0.717, 1.165) is 11.3 Å². The van der Waals surface area contributed by atoms with Crippen LogP contribution in [-0.4, -0.2) is 41.7 Å². The van der Waals surface area contributed by atoms with Gasteiger partial charge in [0.2, 0.25) is 5.91 Å². The number of aliphatic hydroxyl groups is 1. The molecule has 1 aromatic rings. The zero-order chi connectivity index (χ0) is 15.0. The fraction of sp³-hybridized carbons (Fsp3) is 0.562. The number of ether oxygens (including phenoxy) is 1. The summed E-state index contributed by atoms with van der Waals surface area (Å²) in [6.45, 7) is 7.28. The third-order valence-corrected chi connectivity index (χ3v) is 3.09. The molecule has 0 atom stereocenters. The Balaban J connectivity index is 2.62. The number of carbonyl (C=O) groups excluding carboxylic acids is 1. The van der Waals surface area contributed by atoms with Crippen molar-refractivity contribution in [3.8, 4) is 5.75 Å². The molecule has 0 heterocycles. The molecule has 1 amide bonds. The highest BCUT2D eigenvalue weighted by Gasteiger charge is 2.16. The first-order chi connectivity index (χ1) is 9.58. The molecule has 1 rings (SSSR count). The highest BCUT2D eigenvalue weighted by molar-refractivity contribution is 5.79. The summed E-state index contributed by atoms with van der Waals surface area (Å²) in [7, 11) is 0. The van der Waals surface area contributed by atoms with Gasteiger partial charge in [-0.15, -0.1) is 0 Å². The first-order valence-electron chi connectivity index (χ1n) is 7.20. The van der Waals surface area contributed by atoms with Gasteiger partial charge in [-0.1, -0.05) is 12.1 Å². The minimum Gasteiger partial charge on any atom is -0.494 e. The summed E-state index contributed by atoms with van der Waals surface area (Å²) >= 11 is 0. The van der Waals surface area contributed by atoms with E-state index in [1.54, 1.807) is 0 Å². The molecule has 0 aromatic heterocycles. The number of nitrogens with zero attached hydrogens (tertiary/aromatic N) is 1. The quantitative estimate of drug-likeness (QED) is 0.794. The topological polar surface area (TPSA) is 49.8 Å². The van der Waals surface area contributed by atoms with Crippen LogP contribution in [0.25, 0.3) is 0 Å². The van der Waals surface area contributed by atoms with Crippen LogP contribution in [-0.2, 0) is 11.2 Å². The van der Waals surface area contributed by atoms with Crippen molar-refractivity contribution in [3.63, 3.8) is 0 Å². The largest absolute Gasteiger partial charge is 0.494 e. The Morgan fingerprint density at radius 1 is 1.30 bits per heavy atom. The van der Waals surface area contributed by atoms with Crippen molar-refractivity contribution in [1.82, 2.24) is 4.90 Å². The molecule has 20 heavy (non-hydrogen) atoms. The summed E-state index contributed by atoms with van der Waals surface area (Å²) in [5.41, 5.74) is 0.980. The van der Waals surface area contributed by atoms with E-state index in [1.807, 2.05) is 49.9 Å². The number of amides is 1. The summed E-state index contributed by atoms with van der Waals surface area (Å²) in [6.07, 6.45) is 1.00. The molecule has 4 nitrogen and oxygen atoms in total. The van der Waals surface area contributed by atoms with Gasteiger partial charge in [-0.3, -0.25) is 4.79 Å². The molecule has 0 radical (unpaired) electrons. The number of benzene rings is 1. The van der Waals surface area contributed by atoms with Crippen molar-refractivity contribution < 1.29 is 14.6 Å². The van der Waals surface area contributed by atoms with E-state index in [4.69, 9.17) is 9.84 Å². The van der Waals surface area contributed by atoms with Gasteiger partial charge in [0.1, 0.15) is 5.75 Å². The molecule has 0 bridgehead atoms. The number of carbonyl (C=O) groups is 1. The SMILES string of the molecule is CCOc1ccc(CC(=O)N(CCCO)C(C)C)cc1. The van der Waals surface area contributed by atoms with Crippen molar-refractivity contribution in [1.29, 1.82) is 0 Å². The molecule has 0 spiro atoms. The molecule has 1 aromatic carbocycles. The number of rotatable bonds is 8. The highest BCUT2D eigenvalue weighted by atomic mass is 16.5. The van der Waals surface area contributed by atoms with Gasteiger partial charge < -0.3 is 14.7 Å². The predicted molar refractivity (Wildman–Crippen MR) is 79.9 cm³/mol. The van der Waals surface area contributed by atoms with Crippen LogP contribution in [0.1, 0.15) is 32.8 Å². The molecule has 0 saturated heterocycles. The minimum atomic E-state index is 0.0950. The lowest BCUT2D eigenvalue weighted by atomic mass is 10.1. The molecule has 4 heteroatoms. The fourth-order valence-corrected chi connectivity index (χ4v) is 2.06. The highest BCUT2D eigenvalue weighted by Crippen LogP contribution is 2.14. The first kappa shape index (κ1) is 16.5. The Morgan fingerprint density at radius 2 is 1.95 bits per heavy atom. The van der Waals surface area contributed by atoms with Crippen LogP contribution in [0.15, 0.2) is 24.3 Å². The van der Waals surface area contributed by atoms with Gasteiger partial charge in [0.05, 0.1) is 13.0 Å². The Bertz CT molecular complexity index is 401. The van der Waals surface area contributed by atoms with Crippen molar-refractivity contribution in [3.05, 3.63) is 29.8 Å². The van der Waals surface area contributed by atoms with Crippen LogP contribution >= 0.6 is 0 Å². The summed E-state index contributed by atoms with van der Waals surface area (Å²) in [6, 6.07) is 7.77. The van der Waals surface area contributed by atoms with E-state index in [0.29, 0.717) is 26.0 Å². The van der Waals surface area contributed by atoms with Gasteiger partial charge in [-0.05, 0) is 44.9 Å². The van der Waals surface area contributed by atoms with Crippen molar-refractivity contribution in [2.75, 3.05) is 19.8 Å². The van der Waals surface area contributed by atoms with Crippen LogP contribution in [0.5, 0.6) is 5.75 Å². The number of hydrogen-bond acceptors (Lipinski definition) is 3. The lowest BCUT2D eigenvalue weighted by Crippen LogP contribution is -2.39. The Labute approximate surface area is 121 Å². The number of hydrogen-bond donors (Lipinski definition) is 1. The molecule has 0 aliphatic carbocycles. The third-order valence-electron chi connectivity index (χ3n) is 3.09. The maximum absolute atomic E-state index is 12.3. The van der Waals surface area contributed by atoms with Gasteiger partial charge in [0.15, 0.2) is 0 Å². The van der Waals surface area contributed by atoms with Crippen molar-refractivity contribution in [2.45, 2.75) is 39.7 Å². The van der Waals surface area contributed by atoms with E-state index in [1.165, 1.54) is 0 Å². The molecular formula is C16H25NO3. The standard InChI is InChI=1S/C16H25NO3/c1-4-20-15-8-6-14(7-9-15)12-16(19)17(13(2)3)10-5-11-18/h6-9,13,18H,4-5,10-12H2,1-3H3. The normalized spacial score (nSPS) is 10.7. The predicted octanol–water partition coefficient (Wildman–Crippen LogP) is 2.25. The third kappa shape index (κ3) is 5.21. The lowest BCUT2D eigenvalue weighted by molar-refractivity contribution is -0.132. The van der Waals surface area contributed by atoms with Crippen LogP contribution in [0.3, 0.4) is 0 Å². The van der Waals surface area contributed by atoms with Crippen molar-refractivity contribution in [2.24, 2.45) is 0 Å². The van der Waals surface area contributed by atoms with E-state index in [9.17, 15) is 4.79 Å². The lowest BCUT2D eigenvalue weighted by Gasteiger charge is -2.26. The molecular weight excluding hydrogens is 254 g/mol. The van der Waals surface area contributed by atoms with Crippen LogP contribution in [0, 0.1) is 0 Å². The first-order valence-corrected chi connectivity index (χ1v) is 7.20. The van der Waals surface area contributed by atoms with Gasteiger partial charge in [-0.2, -0.15) is 0 Å². The Kier molecular flexibility index (Phi) is 7.09. The van der Waals surface area contributed by atoms with E-state index in [-0.39, 0.29) is 18.6 Å². The van der Waals surface area contributed by atoms with Crippen LogP contribution < -0.4 is 4.74 Å². The molecule has 0 aliphatic heterocycles. The smallest absolute Gasteiger partial charge is 0.227 e. The Morgan fingerprint density at radius 3 is 2.45 bits per heavy atom. The van der Waals surface area contributed by atoms with Gasteiger partial charge in [0.25, 0.3) is 0 Å².